The average molecular weight is 328 g/mol. The highest BCUT2D eigenvalue weighted by Gasteiger charge is 2.06. The first kappa shape index (κ1) is 13.0. The van der Waals surface area contributed by atoms with E-state index in [0.29, 0.717) is 6.54 Å². The van der Waals surface area contributed by atoms with Crippen molar-refractivity contribution < 1.29 is 4.42 Å². The number of hydrogen-bond acceptors (Lipinski definition) is 2. The fraction of sp³-hybridized carbons (Fsp3) is 0.0588. The summed E-state index contributed by atoms with van der Waals surface area (Å²) in [5.41, 5.74) is 3.49. The van der Waals surface area contributed by atoms with Gasteiger partial charge in [-0.25, -0.2) is 0 Å². The molecule has 3 heteroatoms. The summed E-state index contributed by atoms with van der Waals surface area (Å²) >= 11 is 3.47. The van der Waals surface area contributed by atoms with Gasteiger partial charge in [0.05, 0.1) is 17.3 Å². The number of halogens is 1. The predicted octanol–water partition coefficient (Wildman–Crippen LogP) is 5.32. The molecule has 100 valence electrons. The van der Waals surface area contributed by atoms with Crippen LogP contribution in [0.15, 0.2) is 75.8 Å². The van der Waals surface area contributed by atoms with Crippen LogP contribution in [0.2, 0.25) is 0 Å². The number of furan rings is 1. The maximum atomic E-state index is 5.42. The lowest BCUT2D eigenvalue weighted by Gasteiger charge is -2.11. The van der Waals surface area contributed by atoms with E-state index in [0.717, 1.165) is 15.9 Å². The van der Waals surface area contributed by atoms with E-state index in [2.05, 4.69) is 63.7 Å². The molecule has 0 fully saturated rings. The van der Waals surface area contributed by atoms with E-state index in [4.69, 9.17) is 4.42 Å². The minimum atomic E-state index is 0.650. The first-order valence-corrected chi connectivity index (χ1v) is 7.24. The summed E-state index contributed by atoms with van der Waals surface area (Å²) in [5.74, 6) is 0.896. The summed E-state index contributed by atoms with van der Waals surface area (Å²) < 4.78 is 6.41. The average Bonchev–Trinajstić information content (AvgIpc) is 2.92. The SMILES string of the molecule is Brc1ccoc1CNc1ccccc1-c1ccccc1. The second-order valence-electron chi connectivity index (χ2n) is 4.46. The molecule has 0 saturated carbocycles. The van der Waals surface area contributed by atoms with Gasteiger partial charge in [-0.1, -0.05) is 48.5 Å². The quantitative estimate of drug-likeness (QED) is 0.701. The van der Waals surface area contributed by atoms with E-state index >= 15 is 0 Å². The molecule has 0 bridgehead atoms. The molecule has 0 atom stereocenters. The molecular weight excluding hydrogens is 314 g/mol. The largest absolute Gasteiger partial charge is 0.466 e. The van der Waals surface area contributed by atoms with Crippen LogP contribution in [0.25, 0.3) is 11.1 Å². The molecule has 0 aliphatic rings. The Labute approximate surface area is 126 Å². The van der Waals surface area contributed by atoms with Crippen molar-refractivity contribution >= 4 is 21.6 Å². The first-order chi connectivity index (χ1) is 9.84. The highest BCUT2D eigenvalue weighted by Crippen LogP contribution is 2.28. The summed E-state index contributed by atoms with van der Waals surface area (Å²) in [7, 11) is 0. The van der Waals surface area contributed by atoms with Gasteiger partial charge < -0.3 is 9.73 Å². The number of anilines is 1. The van der Waals surface area contributed by atoms with Crippen LogP contribution in [-0.2, 0) is 6.54 Å². The van der Waals surface area contributed by atoms with Crippen LogP contribution in [0.5, 0.6) is 0 Å². The molecule has 0 saturated heterocycles. The predicted molar refractivity (Wildman–Crippen MR) is 85.6 cm³/mol. The summed E-state index contributed by atoms with van der Waals surface area (Å²) in [6.45, 7) is 0.650. The maximum Gasteiger partial charge on any atom is 0.136 e. The van der Waals surface area contributed by atoms with Crippen LogP contribution in [0.4, 0.5) is 5.69 Å². The number of benzene rings is 2. The highest BCUT2D eigenvalue weighted by atomic mass is 79.9. The second kappa shape index (κ2) is 5.97. The lowest BCUT2D eigenvalue weighted by atomic mass is 10.0. The van der Waals surface area contributed by atoms with Crippen LogP contribution in [0.1, 0.15) is 5.76 Å². The zero-order chi connectivity index (χ0) is 13.8. The molecule has 1 N–H and O–H groups in total. The summed E-state index contributed by atoms with van der Waals surface area (Å²) in [6.07, 6.45) is 1.68. The van der Waals surface area contributed by atoms with Crippen molar-refractivity contribution in [1.29, 1.82) is 0 Å². The third-order valence-electron chi connectivity index (χ3n) is 3.14. The molecule has 1 aromatic heterocycles. The van der Waals surface area contributed by atoms with Crippen molar-refractivity contribution in [3.8, 4) is 11.1 Å². The number of para-hydroxylation sites is 1. The van der Waals surface area contributed by atoms with Crippen molar-refractivity contribution in [2.24, 2.45) is 0 Å². The second-order valence-corrected chi connectivity index (χ2v) is 5.31. The molecule has 0 radical (unpaired) electrons. The number of hydrogen-bond donors (Lipinski definition) is 1. The van der Waals surface area contributed by atoms with E-state index in [1.807, 2.05) is 18.2 Å². The van der Waals surface area contributed by atoms with Gasteiger partial charge in [-0.2, -0.15) is 0 Å². The Morgan fingerprint density at radius 2 is 1.65 bits per heavy atom. The van der Waals surface area contributed by atoms with Gasteiger partial charge in [-0.15, -0.1) is 0 Å². The number of nitrogens with one attached hydrogen (secondary N) is 1. The van der Waals surface area contributed by atoms with Gasteiger partial charge in [0.2, 0.25) is 0 Å². The molecule has 0 aliphatic carbocycles. The van der Waals surface area contributed by atoms with Gasteiger partial charge >= 0.3 is 0 Å². The Morgan fingerprint density at radius 1 is 0.900 bits per heavy atom. The molecule has 0 amide bonds. The lowest BCUT2D eigenvalue weighted by Crippen LogP contribution is -2.00. The molecule has 20 heavy (non-hydrogen) atoms. The normalized spacial score (nSPS) is 10.4. The summed E-state index contributed by atoms with van der Waals surface area (Å²) in [6, 6.07) is 20.5. The van der Waals surface area contributed by atoms with Gasteiger partial charge in [-0.05, 0) is 33.6 Å². The minimum absolute atomic E-state index is 0.650. The zero-order valence-corrected chi connectivity index (χ0v) is 12.4. The third-order valence-corrected chi connectivity index (χ3v) is 3.85. The Hall–Kier alpha value is -2.00. The molecule has 2 aromatic carbocycles. The van der Waals surface area contributed by atoms with E-state index in [-0.39, 0.29) is 0 Å². The number of rotatable bonds is 4. The monoisotopic (exact) mass is 327 g/mol. The first-order valence-electron chi connectivity index (χ1n) is 6.45. The molecular formula is C17H14BrNO. The smallest absolute Gasteiger partial charge is 0.136 e. The van der Waals surface area contributed by atoms with Gasteiger partial charge in [0.1, 0.15) is 5.76 Å². The van der Waals surface area contributed by atoms with Crippen LogP contribution in [0, 0.1) is 0 Å². The van der Waals surface area contributed by atoms with Crippen molar-refractivity contribution in [2.75, 3.05) is 5.32 Å². The minimum Gasteiger partial charge on any atom is -0.466 e. The third kappa shape index (κ3) is 2.78. The van der Waals surface area contributed by atoms with Gasteiger partial charge in [0.25, 0.3) is 0 Å². The van der Waals surface area contributed by atoms with Crippen LogP contribution < -0.4 is 5.32 Å². The van der Waals surface area contributed by atoms with Crippen molar-refractivity contribution in [3.63, 3.8) is 0 Å². The highest BCUT2D eigenvalue weighted by molar-refractivity contribution is 9.10. The van der Waals surface area contributed by atoms with E-state index in [1.54, 1.807) is 6.26 Å². The Bertz CT molecular complexity index is 691. The maximum absolute atomic E-state index is 5.42. The zero-order valence-electron chi connectivity index (χ0n) is 10.8. The summed E-state index contributed by atoms with van der Waals surface area (Å²) in [4.78, 5) is 0. The Kier molecular flexibility index (Phi) is 3.88. The van der Waals surface area contributed by atoms with E-state index in [9.17, 15) is 0 Å². The molecule has 2 nitrogen and oxygen atoms in total. The van der Waals surface area contributed by atoms with Gasteiger partial charge in [0, 0.05) is 11.3 Å². The standard InChI is InChI=1S/C17H14BrNO/c18-15-10-11-20-17(15)12-19-16-9-5-4-8-14(16)13-6-2-1-3-7-13/h1-11,19H,12H2. The lowest BCUT2D eigenvalue weighted by molar-refractivity contribution is 0.516. The van der Waals surface area contributed by atoms with Crippen LogP contribution in [-0.4, -0.2) is 0 Å². The molecule has 3 rings (SSSR count). The Balaban J connectivity index is 1.85. The van der Waals surface area contributed by atoms with Gasteiger partial charge in [0.15, 0.2) is 0 Å². The van der Waals surface area contributed by atoms with E-state index in [1.165, 1.54) is 11.1 Å². The molecule has 0 spiro atoms. The molecule has 0 unspecified atom stereocenters. The van der Waals surface area contributed by atoms with Gasteiger partial charge in [-0.3, -0.25) is 0 Å². The molecule has 3 aromatic rings. The van der Waals surface area contributed by atoms with Crippen LogP contribution >= 0.6 is 15.9 Å². The van der Waals surface area contributed by atoms with Crippen molar-refractivity contribution in [3.05, 3.63) is 77.2 Å². The van der Waals surface area contributed by atoms with E-state index < -0.39 is 0 Å². The topological polar surface area (TPSA) is 25.2 Å². The Morgan fingerprint density at radius 3 is 2.40 bits per heavy atom. The fourth-order valence-electron chi connectivity index (χ4n) is 2.13. The van der Waals surface area contributed by atoms with Crippen molar-refractivity contribution in [1.82, 2.24) is 0 Å². The van der Waals surface area contributed by atoms with Crippen molar-refractivity contribution in [2.45, 2.75) is 6.54 Å². The molecule has 0 aliphatic heterocycles. The van der Waals surface area contributed by atoms with Crippen LogP contribution in [0.3, 0.4) is 0 Å². The molecule has 1 heterocycles. The summed E-state index contributed by atoms with van der Waals surface area (Å²) in [5, 5.41) is 3.43. The fourth-order valence-corrected chi connectivity index (χ4v) is 2.48.